The first-order valence-corrected chi connectivity index (χ1v) is 11.0. The maximum Gasteiger partial charge on any atom is 0.295 e. The fraction of sp³-hybridized carbons (Fsp3) is 0.385. The molecule has 1 N–H and O–H groups in total. The number of rotatable bonds is 10. The number of carbonyl (C=O) groups is 2. The molecule has 1 atom stereocenters. The van der Waals surface area contributed by atoms with E-state index in [-0.39, 0.29) is 17.9 Å². The molecule has 1 amide bonds. The maximum atomic E-state index is 13.3. The van der Waals surface area contributed by atoms with Gasteiger partial charge in [-0.25, -0.2) is 0 Å². The molecule has 2 aromatic rings. The number of likely N-dealkylation sites (tertiary alicyclic amines) is 1. The molecule has 1 fully saturated rings. The second-order valence-electron chi connectivity index (χ2n) is 7.98. The van der Waals surface area contributed by atoms with Gasteiger partial charge < -0.3 is 33.7 Å². The van der Waals surface area contributed by atoms with E-state index in [1.807, 2.05) is 0 Å². The van der Waals surface area contributed by atoms with Crippen LogP contribution in [0.3, 0.4) is 0 Å². The average molecular weight is 486 g/mol. The van der Waals surface area contributed by atoms with Gasteiger partial charge in [0.05, 0.1) is 40.1 Å². The van der Waals surface area contributed by atoms with Crippen molar-refractivity contribution in [3.05, 3.63) is 52.6 Å². The molecule has 9 heteroatoms. The SMILES string of the molecule is COCCCN1C(=O)C(=O)C(=C(O)c2ccc(OC)cc2C)[C@@H]1c1cc(OC)c(OC)c(OC)c1. The lowest BCUT2D eigenvalue weighted by molar-refractivity contribution is -0.140. The van der Waals surface area contributed by atoms with E-state index in [1.165, 1.54) is 26.2 Å². The number of ether oxygens (including phenoxy) is 5. The molecule has 0 bridgehead atoms. The molecular formula is C26H31NO8. The smallest absolute Gasteiger partial charge is 0.295 e. The van der Waals surface area contributed by atoms with E-state index in [2.05, 4.69) is 0 Å². The number of hydrogen-bond acceptors (Lipinski definition) is 8. The van der Waals surface area contributed by atoms with Crippen LogP contribution in [0.1, 0.15) is 29.2 Å². The van der Waals surface area contributed by atoms with Crippen LogP contribution >= 0.6 is 0 Å². The predicted octanol–water partition coefficient (Wildman–Crippen LogP) is 3.49. The molecule has 0 saturated carbocycles. The first-order valence-electron chi connectivity index (χ1n) is 11.0. The third-order valence-corrected chi connectivity index (χ3v) is 5.98. The van der Waals surface area contributed by atoms with E-state index in [4.69, 9.17) is 23.7 Å². The van der Waals surface area contributed by atoms with Crippen LogP contribution in [0.15, 0.2) is 35.9 Å². The fourth-order valence-corrected chi connectivity index (χ4v) is 4.27. The number of methoxy groups -OCH3 is 5. The fourth-order valence-electron chi connectivity index (χ4n) is 4.27. The number of aliphatic hydroxyl groups excluding tert-OH is 1. The molecule has 1 saturated heterocycles. The highest BCUT2D eigenvalue weighted by molar-refractivity contribution is 6.46. The lowest BCUT2D eigenvalue weighted by atomic mass is 9.93. The summed E-state index contributed by atoms with van der Waals surface area (Å²) in [6.45, 7) is 2.45. The second-order valence-corrected chi connectivity index (χ2v) is 7.98. The molecule has 0 unspecified atom stereocenters. The average Bonchev–Trinajstić information content (AvgIpc) is 3.12. The molecule has 188 valence electrons. The summed E-state index contributed by atoms with van der Waals surface area (Å²) in [6.07, 6.45) is 0.506. The van der Waals surface area contributed by atoms with Gasteiger partial charge in [0.2, 0.25) is 5.75 Å². The Hall–Kier alpha value is -3.72. The number of nitrogens with zero attached hydrogens (tertiary/aromatic N) is 1. The Bertz CT molecular complexity index is 1120. The molecule has 1 aliphatic rings. The molecule has 9 nitrogen and oxygen atoms in total. The normalized spacial score (nSPS) is 17.0. The van der Waals surface area contributed by atoms with Crippen molar-refractivity contribution in [3.63, 3.8) is 0 Å². The molecule has 35 heavy (non-hydrogen) atoms. The summed E-state index contributed by atoms with van der Waals surface area (Å²) in [7, 11) is 7.57. The number of Topliss-reactive ketones (excluding diaryl/α,β-unsaturated/α-hetero) is 1. The number of hydrogen-bond donors (Lipinski definition) is 1. The van der Waals surface area contributed by atoms with E-state index in [0.29, 0.717) is 52.7 Å². The third-order valence-electron chi connectivity index (χ3n) is 5.98. The van der Waals surface area contributed by atoms with Crippen molar-refractivity contribution in [1.29, 1.82) is 0 Å². The summed E-state index contributed by atoms with van der Waals surface area (Å²) in [4.78, 5) is 27.8. The zero-order valence-corrected chi connectivity index (χ0v) is 20.8. The number of ketones is 1. The molecular weight excluding hydrogens is 454 g/mol. The molecule has 0 radical (unpaired) electrons. The molecule has 0 aliphatic carbocycles. The van der Waals surface area contributed by atoms with E-state index >= 15 is 0 Å². The number of aryl methyl sites for hydroxylation is 1. The minimum atomic E-state index is -0.873. The van der Waals surface area contributed by atoms with Gasteiger partial charge in [-0.15, -0.1) is 0 Å². The van der Waals surface area contributed by atoms with Crippen LogP contribution in [-0.4, -0.2) is 70.4 Å². The quantitative estimate of drug-likeness (QED) is 0.236. The van der Waals surface area contributed by atoms with Gasteiger partial charge >= 0.3 is 0 Å². The van der Waals surface area contributed by atoms with E-state index in [1.54, 1.807) is 51.5 Å². The summed E-state index contributed by atoms with van der Waals surface area (Å²) in [6, 6.07) is 7.57. The maximum absolute atomic E-state index is 13.3. The lowest BCUT2D eigenvalue weighted by Gasteiger charge is -2.26. The van der Waals surface area contributed by atoms with E-state index in [9.17, 15) is 14.7 Å². The van der Waals surface area contributed by atoms with Gasteiger partial charge in [0.25, 0.3) is 11.7 Å². The molecule has 1 aliphatic heterocycles. The molecule has 0 aromatic heterocycles. The Balaban J connectivity index is 2.25. The Morgan fingerprint density at radius 1 is 0.943 bits per heavy atom. The zero-order valence-electron chi connectivity index (χ0n) is 20.8. The van der Waals surface area contributed by atoms with Crippen LogP contribution < -0.4 is 18.9 Å². The standard InChI is InChI=1S/C26H31NO8/c1-15-12-17(32-3)8-9-18(15)23(28)21-22(27(10-7-11-31-2)26(30)24(21)29)16-13-19(33-4)25(35-6)20(14-16)34-5/h8-9,12-14,22,28H,7,10-11H2,1-6H3/t22-/m0/s1. The van der Waals surface area contributed by atoms with Crippen LogP contribution in [0.2, 0.25) is 0 Å². The van der Waals surface area contributed by atoms with Gasteiger partial charge in [-0.1, -0.05) is 0 Å². The van der Waals surface area contributed by atoms with Crippen molar-refractivity contribution in [2.75, 3.05) is 48.7 Å². The van der Waals surface area contributed by atoms with Gasteiger partial charge in [0, 0.05) is 25.8 Å². The van der Waals surface area contributed by atoms with Crippen molar-refractivity contribution >= 4 is 17.4 Å². The Labute approximate surface area is 204 Å². The lowest BCUT2D eigenvalue weighted by Crippen LogP contribution is -2.31. The van der Waals surface area contributed by atoms with E-state index in [0.717, 1.165) is 0 Å². The van der Waals surface area contributed by atoms with Crippen LogP contribution in [0.5, 0.6) is 23.0 Å². The van der Waals surface area contributed by atoms with Crippen molar-refractivity contribution in [1.82, 2.24) is 4.90 Å². The Morgan fingerprint density at radius 3 is 2.11 bits per heavy atom. The second kappa shape index (κ2) is 11.1. The van der Waals surface area contributed by atoms with E-state index < -0.39 is 17.7 Å². The van der Waals surface area contributed by atoms with Gasteiger partial charge in [0.15, 0.2) is 11.5 Å². The summed E-state index contributed by atoms with van der Waals surface area (Å²) in [5.74, 6) is -0.0193. The van der Waals surface area contributed by atoms with Gasteiger partial charge in [-0.05, 0) is 54.8 Å². The minimum Gasteiger partial charge on any atom is -0.507 e. The van der Waals surface area contributed by atoms with Crippen LogP contribution in [0.4, 0.5) is 0 Å². The summed E-state index contributed by atoms with van der Waals surface area (Å²) < 4.78 is 26.8. The first-order chi connectivity index (χ1) is 16.8. The molecule has 1 heterocycles. The molecule has 3 rings (SSSR count). The van der Waals surface area contributed by atoms with Crippen LogP contribution in [0, 0.1) is 6.92 Å². The van der Waals surface area contributed by atoms with Crippen LogP contribution in [-0.2, 0) is 14.3 Å². The highest BCUT2D eigenvalue weighted by Gasteiger charge is 2.46. The predicted molar refractivity (Wildman–Crippen MR) is 129 cm³/mol. The van der Waals surface area contributed by atoms with Crippen molar-refractivity contribution < 1.29 is 38.4 Å². The highest BCUT2D eigenvalue weighted by atomic mass is 16.5. The summed E-state index contributed by atoms with van der Waals surface area (Å²) in [5.41, 5.74) is 1.63. The topological polar surface area (TPSA) is 104 Å². The number of carbonyl (C=O) groups excluding carboxylic acids is 2. The Morgan fingerprint density at radius 2 is 1.60 bits per heavy atom. The molecule has 0 spiro atoms. The largest absolute Gasteiger partial charge is 0.507 e. The number of aliphatic hydroxyl groups is 1. The molecule has 2 aromatic carbocycles. The summed E-state index contributed by atoms with van der Waals surface area (Å²) >= 11 is 0. The van der Waals surface area contributed by atoms with Gasteiger partial charge in [0.1, 0.15) is 11.5 Å². The minimum absolute atomic E-state index is 0.0186. The number of benzene rings is 2. The van der Waals surface area contributed by atoms with Gasteiger partial charge in [-0.3, -0.25) is 9.59 Å². The van der Waals surface area contributed by atoms with Crippen LogP contribution in [0.25, 0.3) is 5.76 Å². The highest BCUT2D eigenvalue weighted by Crippen LogP contribution is 2.46. The zero-order chi connectivity index (χ0) is 25.7. The number of amides is 1. The first kappa shape index (κ1) is 25.9. The summed E-state index contributed by atoms with van der Waals surface area (Å²) in [5, 5.41) is 11.4. The van der Waals surface area contributed by atoms with Gasteiger partial charge in [-0.2, -0.15) is 0 Å². The Kier molecular flexibility index (Phi) is 8.24. The monoisotopic (exact) mass is 485 g/mol. The van der Waals surface area contributed by atoms with Crippen molar-refractivity contribution in [2.24, 2.45) is 0 Å². The van der Waals surface area contributed by atoms with Crippen molar-refractivity contribution in [3.8, 4) is 23.0 Å². The van der Waals surface area contributed by atoms with Crippen molar-refractivity contribution in [2.45, 2.75) is 19.4 Å². The third kappa shape index (κ3) is 4.90.